The van der Waals surface area contributed by atoms with Gasteiger partial charge in [0.05, 0.1) is 12.2 Å². The van der Waals surface area contributed by atoms with Crippen molar-refractivity contribution in [2.24, 2.45) is 0 Å². The van der Waals surface area contributed by atoms with Gasteiger partial charge in [-0.1, -0.05) is 0 Å². The van der Waals surface area contributed by atoms with Gasteiger partial charge in [-0.3, -0.25) is 0 Å². The zero-order valence-electron chi connectivity index (χ0n) is 9.93. The zero-order valence-corrected chi connectivity index (χ0v) is 9.93. The summed E-state index contributed by atoms with van der Waals surface area (Å²) in [4.78, 5) is 14.1. The Kier molecular flexibility index (Phi) is 2.73. The molecule has 2 aromatic rings. The van der Waals surface area contributed by atoms with Gasteiger partial charge in [-0.15, -0.1) is 0 Å². The molecular formula is C12H14N6. The van der Waals surface area contributed by atoms with Crippen LogP contribution >= 0.6 is 0 Å². The van der Waals surface area contributed by atoms with Gasteiger partial charge in [0.2, 0.25) is 0 Å². The molecule has 1 aliphatic rings. The second-order valence-electron chi connectivity index (χ2n) is 4.48. The fourth-order valence-electron chi connectivity index (χ4n) is 2.37. The zero-order chi connectivity index (χ0) is 12.4. The summed E-state index contributed by atoms with van der Waals surface area (Å²) in [6, 6.07) is 2.13. The first-order valence-electron chi connectivity index (χ1n) is 6.06. The molecule has 2 aromatic heterocycles. The van der Waals surface area contributed by atoms with Crippen LogP contribution in [-0.4, -0.2) is 34.1 Å². The molecule has 3 rings (SSSR count). The minimum atomic E-state index is 0.215. The Hall–Kier alpha value is -2.29. The van der Waals surface area contributed by atoms with Crippen molar-refractivity contribution >= 4 is 17.0 Å². The summed E-state index contributed by atoms with van der Waals surface area (Å²) in [5.74, 6) is 0.881. The third kappa shape index (κ3) is 1.95. The second kappa shape index (κ2) is 4.53. The Labute approximate surface area is 105 Å². The maximum absolute atomic E-state index is 8.68. The molecule has 0 aliphatic carbocycles. The molecule has 0 spiro atoms. The molecule has 0 saturated carbocycles. The number of piperidine rings is 1. The Morgan fingerprint density at radius 2 is 2.50 bits per heavy atom. The van der Waals surface area contributed by atoms with Crippen molar-refractivity contribution in [2.45, 2.75) is 18.9 Å². The third-order valence-corrected chi connectivity index (χ3v) is 3.26. The summed E-state index contributed by atoms with van der Waals surface area (Å²) in [6.45, 7) is 1.77. The van der Waals surface area contributed by atoms with Gasteiger partial charge >= 0.3 is 0 Å². The summed E-state index contributed by atoms with van der Waals surface area (Å²) >= 11 is 0. The number of nitriles is 1. The van der Waals surface area contributed by atoms with E-state index in [1.165, 1.54) is 0 Å². The first-order valence-corrected chi connectivity index (χ1v) is 6.06. The molecule has 2 N–H and O–H groups in total. The molecule has 18 heavy (non-hydrogen) atoms. The smallest absolute Gasteiger partial charge is 0.176 e. The third-order valence-electron chi connectivity index (χ3n) is 3.26. The molecule has 0 aromatic carbocycles. The predicted octanol–water partition coefficient (Wildman–Crippen LogP) is 0.997. The van der Waals surface area contributed by atoms with E-state index in [1.54, 1.807) is 6.20 Å². The predicted molar refractivity (Wildman–Crippen MR) is 67.9 cm³/mol. The Morgan fingerprint density at radius 3 is 3.39 bits per heavy atom. The molecule has 1 aliphatic heterocycles. The fraction of sp³-hybridized carbons (Fsp3) is 0.417. The van der Waals surface area contributed by atoms with Crippen LogP contribution < -0.4 is 10.2 Å². The van der Waals surface area contributed by atoms with E-state index in [1.807, 2.05) is 18.5 Å². The quantitative estimate of drug-likeness (QED) is 0.606. The molecule has 92 valence electrons. The number of nitrogens with one attached hydrogen (secondary N) is 2. The van der Waals surface area contributed by atoms with E-state index in [-0.39, 0.29) is 6.04 Å². The highest BCUT2D eigenvalue weighted by Crippen LogP contribution is 2.19. The van der Waals surface area contributed by atoms with E-state index in [0.717, 1.165) is 42.9 Å². The van der Waals surface area contributed by atoms with Gasteiger partial charge in [-0.2, -0.15) is 5.26 Å². The summed E-state index contributed by atoms with van der Waals surface area (Å²) in [5.41, 5.74) is 1.69. The number of nitrogens with zero attached hydrogens (tertiary/aromatic N) is 4. The molecule has 1 saturated heterocycles. The monoisotopic (exact) mass is 242 g/mol. The summed E-state index contributed by atoms with van der Waals surface area (Å²) in [7, 11) is 0. The van der Waals surface area contributed by atoms with Gasteiger partial charge in [-0.25, -0.2) is 9.97 Å². The van der Waals surface area contributed by atoms with Crippen LogP contribution in [0.1, 0.15) is 12.8 Å². The Bertz CT molecular complexity index is 584. The number of anilines is 1. The van der Waals surface area contributed by atoms with E-state index >= 15 is 0 Å². The molecule has 0 bridgehead atoms. The van der Waals surface area contributed by atoms with Gasteiger partial charge < -0.3 is 15.2 Å². The minimum absolute atomic E-state index is 0.215. The average molecular weight is 242 g/mol. The molecule has 0 amide bonds. The lowest BCUT2D eigenvalue weighted by Crippen LogP contribution is -2.44. The van der Waals surface area contributed by atoms with Crippen molar-refractivity contribution < 1.29 is 0 Å². The fourth-order valence-corrected chi connectivity index (χ4v) is 2.37. The second-order valence-corrected chi connectivity index (χ2v) is 4.48. The highest BCUT2D eigenvalue weighted by atomic mass is 15.2. The van der Waals surface area contributed by atoms with Crippen molar-refractivity contribution in [1.29, 1.82) is 5.26 Å². The molecular weight excluding hydrogens is 228 g/mol. The van der Waals surface area contributed by atoms with E-state index in [0.29, 0.717) is 0 Å². The maximum atomic E-state index is 8.68. The number of fused-ring (bicyclic) bond motifs is 1. The standard InChI is InChI=1S/C12H14N6/c13-8-16-9-2-1-5-18(7-9)11-6-15-12-10(17-11)3-4-14-12/h3-4,6,9,16H,1-2,5,7H2,(H,14,15). The molecule has 6 nitrogen and oxygen atoms in total. The SMILES string of the molecule is N#CNC1CCCN(c2cnc3[nH]ccc3n2)C1. The lowest BCUT2D eigenvalue weighted by molar-refractivity contribution is 0.464. The molecule has 1 unspecified atom stereocenters. The molecule has 1 atom stereocenters. The molecule has 0 radical (unpaired) electrons. The first kappa shape index (κ1) is 10.8. The number of hydrogen-bond donors (Lipinski definition) is 2. The maximum Gasteiger partial charge on any atom is 0.176 e. The average Bonchev–Trinajstić information content (AvgIpc) is 2.86. The van der Waals surface area contributed by atoms with Crippen LogP contribution in [0.25, 0.3) is 11.2 Å². The number of aromatic amines is 1. The van der Waals surface area contributed by atoms with E-state index < -0.39 is 0 Å². The van der Waals surface area contributed by atoms with E-state index in [4.69, 9.17) is 5.26 Å². The summed E-state index contributed by atoms with van der Waals surface area (Å²) < 4.78 is 0. The number of H-pyrrole nitrogens is 1. The first-order chi connectivity index (χ1) is 8.86. The van der Waals surface area contributed by atoms with Crippen LogP contribution in [0.4, 0.5) is 5.82 Å². The van der Waals surface area contributed by atoms with E-state index in [2.05, 4.69) is 25.2 Å². The van der Waals surface area contributed by atoms with Gasteiger partial charge in [0.1, 0.15) is 11.3 Å². The Morgan fingerprint density at radius 1 is 1.56 bits per heavy atom. The number of aromatic nitrogens is 3. The lowest BCUT2D eigenvalue weighted by atomic mass is 10.1. The summed E-state index contributed by atoms with van der Waals surface area (Å²) in [5, 5.41) is 11.5. The largest absolute Gasteiger partial charge is 0.353 e. The lowest BCUT2D eigenvalue weighted by Gasteiger charge is -2.32. The van der Waals surface area contributed by atoms with Crippen molar-refractivity contribution in [3.8, 4) is 6.19 Å². The van der Waals surface area contributed by atoms with Crippen LogP contribution in [0.2, 0.25) is 0 Å². The van der Waals surface area contributed by atoms with Crippen LogP contribution in [0.15, 0.2) is 18.5 Å². The van der Waals surface area contributed by atoms with Crippen molar-refractivity contribution in [1.82, 2.24) is 20.3 Å². The van der Waals surface area contributed by atoms with Crippen LogP contribution in [0.5, 0.6) is 0 Å². The van der Waals surface area contributed by atoms with Gasteiger partial charge in [0.15, 0.2) is 11.8 Å². The molecule has 1 fully saturated rings. The molecule has 3 heterocycles. The minimum Gasteiger partial charge on any atom is -0.353 e. The van der Waals surface area contributed by atoms with Crippen molar-refractivity contribution in [3.05, 3.63) is 18.5 Å². The van der Waals surface area contributed by atoms with Crippen molar-refractivity contribution in [3.63, 3.8) is 0 Å². The number of hydrogen-bond acceptors (Lipinski definition) is 5. The van der Waals surface area contributed by atoms with E-state index in [9.17, 15) is 0 Å². The van der Waals surface area contributed by atoms with Gasteiger partial charge in [0.25, 0.3) is 0 Å². The van der Waals surface area contributed by atoms with Gasteiger partial charge in [0, 0.05) is 19.3 Å². The van der Waals surface area contributed by atoms with Crippen molar-refractivity contribution in [2.75, 3.05) is 18.0 Å². The highest BCUT2D eigenvalue weighted by Gasteiger charge is 2.20. The molecule has 6 heteroatoms. The van der Waals surface area contributed by atoms with Crippen LogP contribution in [0, 0.1) is 11.5 Å². The Balaban J connectivity index is 1.82. The van der Waals surface area contributed by atoms with Crippen LogP contribution in [0.3, 0.4) is 0 Å². The van der Waals surface area contributed by atoms with Gasteiger partial charge in [-0.05, 0) is 18.9 Å². The normalized spacial score (nSPS) is 19.7. The topological polar surface area (TPSA) is 80.6 Å². The number of rotatable bonds is 2. The van der Waals surface area contributed by atoms with Crippen LogP contribution in [-0.2, 0) is 0 Å². The highest BCUT2D eigenvalue weighted by molar-refractivity contribution is 5.72. The summed E-state index contributed by atoms with van der Waals surface area (Å²) in [6.07, 6.45) is 7.73.